The number of amides is 1. The molecule has 0 aliphatic rings. The molecule has 0 aliphatic carbocycles. The fourth-order valence-corrected chi connectivity index (χ4v) is 3.84. The Labute approximate surface area is 171 Å². The van der Waals surface area contributed by atoms with Crippen LogP contribution in [-0.2, 0) is 24.3 Å². The number of nitrogens with one attached hydrogen (secondary N) is 2. The Morgan fingerprint density at radius 2 is 1.96 bits per heavy atom. The normalized spacial score (nSPS) is 12.5. The molecular weight excluding hydrogens is 433 g/mol. The minimum Gasteiger partial charge on any atom is -0.452 e. The molecule has 0 unspecified atom stereocenters. The first-order valence-corrected chi connectivity index (χ1v) is 10.1. The summed E-state index contributed by atoms with van der Waals surface area (Å²) in [6.45, 7) is 3.54. The summed E-state index contributed by atoms with van der Waals surface area (Å²) in [7, 11) is -4.03. The van der Waals surface area contributed by atoms with Gasteiger partial charge in [-0.3, -0.25) is 9.59 Å². The summed E-state index contributed by atoms with van der Waals surface area (Å²) in [5, 5.41) is 6.64. The van der Waals surface area contributed by atoms with Gasteiger partial charge in [-0.2, -0.15) is 4.72 Å². The van der Waals surface area contributed by atoms with Crippen LogP contribution in [0.2, 0.25) is 10.0 Å². The highest BCUT2D eigenvalue weighted by Crippen LogP contribution is 2.25. The van der Waals surface area contributed by atoms with Crippen molar-refractivity contribution in [2.75, 3.05) is 11.9 Å². The van der Waals surface area contributed by atoms with E-state index >= 15 is 0 Å². The molecule has 1 atom stereocenters. The van der Waals surface area contributed by atoms with Gasteiger partial charge in [-0.05, 0) is 39.0 Å². The number of benzene rings is 1. The number of rotatable bonds is 7. The highest BCUT2D eigenvalue weighted by Gasteiger charge is 2.26. The van der Waals surface area contributed by atoms with Crippen LogP contribution in [0.4, 0.5) is 5.69 Å². The number of aromatic nitrogens is 1. The Kier molecular flexibility index (Phi) is 7.05. The van der Waals surface area contributed by atoms with Crippen LogP contribution in [0.3, 0.4) is 0 Å². The van der Waals surface area contributed by atoms with Gasteiger partial charge in [0.25, 0.3) is 5.91 Å². The van der Waals surface area contributed by atoms with E-state index in [1.165, 1.54) is 32.9 Å². The standard InChI is InChI=1S/C16H17Cl2N3O6S/c1-8-15(9(2)27-21-8)28(24,25)19-7-14(22)26-10(3)16(23)20-13-6-11(17)4-5-12(13)18/h4-6,10,19H,7H2,1-3H3,(H,20,23)/t10-/m1/s1. The van der Waals surface area contributed by atoms with E-state index in [1.54, 1.807) is 6.07 Å². The number of nitrogens with zero attached hydrogens (tertiary/aromatic N) is 1. The highest BCUT2D eigenvalue weighted by atomic mass is 35.5. The van der Waals surface area contributed by atoms with Gasteiger partial charge in [-0.1, -0.05) is 28.4 Å². The number of anilines is 1. The van der Waals surface area contributed by atoms with Gasteiger partial charge < -0.3 is 14.6 Å². The van der Waals surface area contributed by atoms with Gasteiger partial charge in [0.15, 0.2) is 11.9 Å². The minimum atomic E-state index is -4.03. The van der Waals surface area contributed by atoms with Gasteiger partial charge in [0.2, 0.25) is 10.0 Å². The molecule has 0 saturated carbocycles. The number of carbonyl (C=O) groups excluding carboxylic acids is 2. The van der Waals surface area contributed by atoms with Crippen molar-refractivity contribution in [1.82, 2.24) is 9.88 Å². The Morgan fingerprint density at radius 3 is 2.57 bits per heavy atom. The third kappa shape index (κ3) is 5.44. The summed E-state index contributed by atoms with van der Waals surface area (Å²) in [5.74, 6) is -1.52. The predicted molar refractivity (Wildman–Crippen MR) is 102 cm³/mol. The number of carbonyl (C=O) groups is 2. The molecule has 0 saturated heterocycles. The lowest BCUT2D eigenvalue weighted by molar-refractivity contribution is -0.151. The zero-order valence-electron chi connectivity index (χ0n) is 15.1. The molecule has 1 aromatic carbocycles. The van der Waals surface area contributed by atoms with E-state index in [4.69, 9.17) is 32.5 Å². The lowest BCUT2D eigenvalue weighted by Crippen LogP contribution is -2.36. The maximum Gasteiger partial charge on any atom is 0.321 e. The van der Waals surface area contributed by atoms with Gasteiger partial charge in [-0.25, -0.2) is 8.42 Å². The number of aryl methyl sites for hydroxylation is 2. The highest BCUT2D eigenvalue weighted by molar-refractivity contribution is 7.89. The molecule has 9 nitrogen and oxygen atoms in total. The fraction of sp³-hybridized carbons (Fsp3) is 0.312. The second kappa shape index (κ2) is 8.91. The van der Waals surface area contributed by atoms with Gasteiger partial charge in [0.1, 0.15) is 17.1 Å². The smallest absolute Gasteiger partial charge is 0.321 e. The molecule has 28 heavy (non-hydrogen) atoms. The Morgan fingerprint density at radius 1 is 1.29 bits per heavy atom. The number of hydrogen-bond acceptors (Lipinski definition) is 7. The largest absolute Gasteiger partial charge is 0.452 e. The summed E-state index contributed by atoms with van der Waals surface area (Å²) < 4.78 is 36.3. The molecule has 2 N–H and O–H groups in total. The number of esters is 1. The number of halogens is 2. The van der Waals surface area contributed by atoms with Crippen molar-refractivity contribution >= 4 is 50.8 Å². The zero-order chi connectivity index (χ0) is 21.1. The summed E-state index contributed by atoms with van der Waals surface area (Å²) >= 11 is 11.8. The quantitative estimate of drug-likeness (QED) is 0.621. The van der Waals surface area contributed by atoms with Crippen LogP contribution < -0.4 is 10.0 Å². The van der Waals surface area contributed by atoms with Crippen molar-refractivity contribution in [2.45, 2.75) is 31.8 Å². The summed E-state index contributed by atoms with van der Waals surface area (Å²) in [6.07, 6.45) is -1.20. The van der Waals surface area contributed by atoms with Crippen LogP contribution in [0.1, 0.15) is 18.4 Å². The third-order valence-corrected chi connectivity index (χ3v) is 5.72. The maximum absolute atomic E-state index is 12.2. The molecule has 0 fully saturated rings. The minimum absolute atomic E-state index is 0.0875. The van der Waals surface area contributed by atoms with Crippen LogP contribution in [0.15, 0.2) is 27.6 Å². The van der Waals surface area contributed by atoms with Crippen molar-refractivity contribution in [3.8, 4) is 0 Å². The van der Waals surface area contributed by atoms with Crippen LogP contribution >= 0.6 is 23.2 Å². The van der Waals surface area contributed by atoms with Crippen molar-refractivity contribution in [3.05, 3.63) is 39.7 Å². The molecular formula is C16H17Cl2N3O6S. The monoisotopic (exact) mass is 449 g/mol. The van der Waals surface area contributed by atoms with Crippen molar-refractivity contribution in [1.29, 1.82) is 0 Å². The van der Waals surface area contributed by atoms with Crippen LogP contribution in [0.25, 0.3) is 0 Å². The topological polar surface area (TPSA) is 128 Å². The van der Waals surface area contributed by atoms with Gasteiger partial charge >= 0.3 is 5.97 Å². The van der Waals surface area contributed by atoms with Gasteiger partial charge in [-0.15, -0.1) is 0 Å². The van der Waals surface area contributed by atoms with E-state index in [0.717, 1.165) is 0 Å². The molecule has 1 heterocycles. The van der Waals surface area contributed by atoms with Crippen molar-refractivity contribution in [3.63, 3.8) is 0 Å². The molecule has 0 radical (unpaired) electrons. The van der Waals surface area contributed by atoms with Gasteiger partial charge in [0, 0.05) is 5.02 Å². The van der Waals surface area contributed by atoms with Gasteiger partial charge in [0.05, 0.1) is 10.7 Å². The number of hydrogen-bond donors (Lipinski definition) is 2. The third-order valence-electron chi connectivity index (χ3n) is 3.51. The lowest BCUT2D eigenvalue weighted by atomic mass is 10.3. The SMILES string of the molecule is Cc1noc(C)c1S(=O)(=O)NCC(=O)O[C@H](C)C(=O)Nc1cc(Cl)ccc1Cl. The van der Waals surface area contributed by atoms with Crippen molar-refractivity contribution in [2.24, 2.45) is 0 Å². The fourth-order valence-electron chi connectivity index (χ4n) is 2.20. The molecule has 0 bridgehead atoms. The molecule has 1 amide bonds. The molecule has 1 aromatic heterocycles. The predicted octanol–water partition coefficient (Wildman–Crippen LogP) is 2.45. The average Bonchev–Trinajstić information content (AvgIpc) is 2.95. The van der Waals surface area contributed by atoms with E-state index in [1.807, 2.05) is 0 Å². The van der Waals surface area contributed by atoms with Crippen LogP contribution in [0, 0.1) is 13.8 Å². The van der Waals surface area contributed by atoms with E-state index < -0.39 is 34.5 Å². The zero-order valence-corrected chi connectivity index (χ0v) is 17.4. The lowest BCUT2D eigenvalue weighted by Gasteiger charge is -2.14. The molecule has 0 aliphatic heterocycles. The molecule has 0 spiro atoms. The van der Waals surface area contributed by atoms with Crippen molar-refractivity contribution < 1.29 is 27.3 Å². The van der Waals surface area contributed by atoms with Crippen LogP contribution in [0.5, 0.6) is 0 Å². The number of ether oxygens (including phenoxy) is 1. The first kappa shape index (κ1) is 22.2. The summed E-state index contributed by atoms with van der Waals surface area (Å²) in [6, 6.07) is 4.49. The second-order valence-corrected chi connectivity index (χ2v) is 8.27. The second-order valence-electron chi connectivity index (χ2n) is 5.72. The van der Waals surface area contributed by atoms with E-state index in [-0.39, 0.29) is 27.1 Å². The first-order chi connectivity index (χ1) is 13.0. The Hall–Kier alpha value is -2.14. The first-order valence-electron chi connectivity index (χ1n) is 7.89. The Bertz CT molecular complexity index is 986. The van der Waals surface area contributed by atoms with E-state index in [9.17, 15) is 18.0 Å². The van der Waals surface area contributed by atoms with Crippen LogP contribution in [-0.4, -0.2) is 38.1 Å². The Balaban J connectivity index is 1.93. The number of sulfonamides is 1. The average molecular weight is 450 g/mol. The molecule has 12 heteroatoms. The summed E-state index contributed by atoms with van der Waals surface area (Å²) in [4.78, 5) is 23.9. The molecule has 152 valence electrons. The molecule has 2 rings (SSSR count). The molecule has 2 aromatic rings. The van der Waals surface area contributed by atoms with E-state index in [0.29, 0.717) is 5.02 Å². The summed E-state index contributed by atoms with van der Waals surface area (Å²) in [5.41, 5.74) is 0.408. The van der Waals surface area contributed by atoms with E-state index in [2.05, 4.69) is 15.2 Å². The maximum atomic E-state index is 12.2.